The zero-order valence-corrected chi connectivity index (χ0v) is 14.3. The van der Waals surface area contributed by atoms with Crippen molar-refractivity contribution >= 4 is 29.1 Å². The van der Waals surface area contributed by atoms with E-state index in [9.17, 15) is 14.4 Å². The van der Waals surface area contributed by atoms with Crippen LogP contribution >= 0.6 is 11.3 Å². The summed E-state index contributed by atoms with van der Waals surface area (Å²) < 4.78 is 0. The topological polar surface area (TPSA) is 86.7 Å². The number of carboxylic acids is 1. The molecule has 1 aliphatic rings. The van der Waals surface area contributed by atoms with Crippen LogP contribution in [0.15, 0.2) is 36.4 Å². The van der Waals surface area contributed by atoms with Gasteiger partial charge >= 0.3 is 5.97 Å². The first kappa shape index (κ1) is 17.2. The van der Waals surface area contributed by atoms with Gasteiger partial charge in [0.15, 0.2) is 0 Å². The third kappa shape index (κ3) is 4.24. The standard InChI is InChI=1S/C18H18N2O4S/c21-16-2-1-9-20(16)11-13-5-3-12(4-6-13)10-19-17(22)14-7-8-15(25-14)18(23)24/h3-8H,1-2,9-11H2,(H,19,22)(H,23,24). The van der Waals surface area contributed by atoms with E-state index < -0.39 is 5.97 Å². The Labute approximate surface area is 149 Å². The first-order valence-corrected chi connectivity index (χ1v) is 8.81. The molecular weight excluding hydrogens is 340 g/mol. The number of rotatable bonds is 6. The number of aromatic carboxylic acids is 1. The van der Waals surface area contributed by atoms with E-state index in [-0.39, 0.29) is 16.7 Å². The molecule has 2 N–H and O–H groups in total. The van der Waals surface area contributed by atoms with Gasteiger partial charge in [-0.2, -0.15) is 0 Å². The SMILES string of the molecule is O=C(O)c1ccc(C(=O)NCc2ccc(CN3CCCC3=O)cc2)s1. The maximum atomic E-state index is 12.0. The summed E-state index contributed by atoms with van der Waals surface area (Å²) in [5.41, 5.74) is 2.01. The maximum absolute atomic E-state index is 12.0. The molecule has 0 spiro atoms. The maximum Gasteiger partial charge on any atom is 0.345 e. The van der Waals surface area contributed by atoms with Gasteiger partial charge in [0.05, 0.1) is 4.88 Å². The van der Waals surface area contributed by atoms with Crippen LogP contribution in [0.3, 0.4) is 0 Å². The third-order valence-corrected chi connectivity index (χ3v) is 5.13. The van der Waals surface area contributed by atoms with E-state index in [0.717, 1.165) is 35.4 Å². The molecule has 0 radical (unpaired) electrons. The number of carboxylic acid groups (broad SMARTS) is 1. The smallest absolute Gasteiger partial charge is 0.345 e. The van der Waals surface area contributed by atoms with Crippen molar-refractivity contribution in [3.05, 3.63) is 57.3 Å². The van der Waals surface area contributed by atoms with Crippen molar-refractivity contribution in [3.63, 3.8) is 0 Å². The summed E-state index contributed by atoms with van der Waals surface area (Å²) in [6.45, 7) is 1.80. The predicted octanol–water partition coefficient (Wildman–Crippen LogP) is 2.50. The molecule has 6 nitrogen and oxygen atoms in total. The van der Waals surface area contributed by atoms with Gasteiger partial charge in [-0.05, 0) is 29.7 Å². The van der Waals surface area contributed by atoms with Gasteiger partial charge in [-0.1, -0.05) is 24.3 Å². The Morgan fingerprint density at radius 2 is 1.76 bits per heavy atom. The average molecular weight is 358 g/mol. The highest BCUT2D eigenvalue weighted by Gasteiger charge is 2.19. The van der Waals surface area contributed by atoms with Crippen molar-refractivity contribution in [2.24, 2.45) is 0 Å². The molecule has 0 saturated carbocycles. The third-order valence-electron chi connectivity index (χ3n) is 4.06. The Kier molecular flexibility index (Phi) is 5.14. The molecule has 1 aliphatic heterocycles. The molecule has 0 bridgehead atoms. The Morgan fingerprint density at radius 3 is 2.36 bits per heavy atom. The predicted molar refractivity (Wildman–Crippen MR) is 93.5 cm³/mol. The molecule has 2 aromatic rings. The molecule has 1 fully saturated rings. The first-order valence-electron chi connectivity index (χ1n) is 8.00. The van der Waals surface area contributed by atoms with E-state index in [1.54, 1.807) is 0 Å². The quantitative estimate of drug-likeness (QED) is 0.831. The molecule has 7 heteroatoms. The Hall–Kier alpha value is -2.67. The number of carbonyl (C=O) groups excluding carboxylic acids is 2. The summed E-state index contributed by atoms with van der Waals surface area (Å²) in [4.78, 5) is 36.9. The first-order chi connectivity index (χ1) is 12.0. The normalized spacial score (nSPS) is 13.9. The van der Waals surface area contributed by atoms with Crippen molar-refractivity contribution in [1.82, 2.24) is 10.2 Å². The summed E-state index contributed by atoms with van der Waals surface area (Å²) in [7, 11) is 0. The number of benzene rings is 1. The number of nitrogens with zero attached hydrogens (tertiary/aromatic N) is 1. The highest BCUT2D eigenvalue weighted by atomic mass is 32.1. The van der Waals surface area contributed by atoms with Gasteiger partial charge in [-0.3, -0.25) is 9.59 Å². The zero-order valence-electron chi connectivity index (χ0n) is 13.5. The highest BCUT2D eigenvalue weighted by molar-refractivity contribution is 7.15. The number of carbonyl (C=O) groups is 3. The summed E-state index contributed by atoms with van der Waals surface area (Å²) in [5, 5.41) is 11.7. The lowest BCUT2D eigenvalue weighted by atomic mass is 10.1. The van der Waals surface area contributed by atoms with E-state index in [2.05, 4.69) is 5.32 Å². The van der Waals surface area contributed by atoms with Gasteiger partial charge in [0.2, 0.25) is 5.91 Å². The molecule has 1 aromatic heterocycles. The van der Waals surface area contributed by atoms with Crippen LogP contribution in [0.2, 0.25) is 0 Å². The van der Waals surface area contributed by atoms with Crippen LogP contribution in [0.4, 0.5) is 0 Å². The van der Waals surface area contributed by atoms with E-state index in [1.807, 2.05) is 29.2 Å². The van der Waals surface area contributed by atoms with Crippen molar-refractivity contribution in [2.75, 3.05) is 6.54 Å². The minimum Gasteiger partial charge on any atom is -0.477 e. The van der Waals surface area contributed by atoms with Gasteiger partial charge in [-0.25, -0.2) is 4.79 Å². The molecule has 2 amide bonds. The van der Waals surface area contributed by atoms with E-state index in [0.29, 0.717) is 24.4 Å². The lowest BCUT2D eigenvalue weighted by Gasteiger charge is -2.15. The molecule has 130 valence electrons. The van der Waals surface area contributed by atoms with Crippen molar-refractivity contribution in [2.45, 2.75) is 25.9 Å². The summed E-state index contributed by atoms with van der Waals surface area (Å²) in [6.07, 6.45) is 1.56. The Bertz CT molecular complexity index is 798. The minimum absolute atomic E-state index is 0.144. The number of nitrogens with one attached hydrogen (secondary N) is 1. The monoisotopic (exact) mass is 358 g/mol. The Balaban J connectivity index is 1.53. The molecule has 0 aliphatic carbocycles. The second-order valence-corrected chi connectivity index (χ2v) is 6.97. The molecule has 2 heterocycles. The summed E-state index contributed by atoms with van der Waals surface area (Å²) >= 11 is 0.956. The lowest BCUT2D eigenvalue weighted by Crippen LogP contribution is -2.24. The van der Waals surface area contributed by atoms with Crippen LogP contribution in [-0.2, 0) is 17.9 Å². The number of hydrogen-bond donors (Lipinski definition) is 2. The molecule has 0 atom stereocenters. The van der Waals surface area contributed by atoms with Crippen LogP contribution in [0, 0.1) is 0 Å². The number of hydrogen-bond acceptors (Lipinski definition) is 4. The second kappa shape index (κ2) is 7.48. The van der Waals surface area contributed by atoms with Crippen molar-refractivity contribution < 1.29 is 19.5 Å². The fraction of sp³-hybridized carbons (Fsp3) is 0.278. The highest BCUT2D eigenvalue weighted by Crippen LogP contribution is 2.17. The van der Waals surface area contributed by atoms with Gasteiger partial charge in [0, 0.05) is 26.1 Å². The average Bonchev–Trinajstić information content (AvgIpc) is 3.24. The molecule has 1 saturated heterocycles. The van der Waals surface area contributed by atoms with E-state index in [4.69, 9.17) is 5.11 Å². The Morgan fingerprint density at radius 1 is 1.08 bits per heavy atom. The van der Waals surface area contributed by atoms with Gasteiger partial charge in [0.25, 0.3) is 5.91 Å². The fourth-order valence-corrected chi connectivity index (χ4v) is 3.46. The van der Waals surface area contributed by atoms with Crippen LogP contribution in [0.1, 0.15) is 43.3 Å². The molecular formula is C18H18N2O4S. The second-order valence-electron chi connectivity index (χ2n) is 5.89. The van der Waals surface area contributed by atoms with Crippen LogP contribution in [0.25, 0.3) is 0 Å². The number of amides is 2. The van der Waals surface area contributed by atoms with Crippen LogP contribution < -0.4 is 5.32 Å². The van der Waals surface area contributed by atoms with Gasteiger partial charge in [0.1, 0.15) is 4.88 Å². The zero-order chi connectivity index (χ0) is 17.8. The summed E-state index contributed by atoms with van der Waals surface area (Å²) in [6, 6.07) is 10.7. The van der Waals surface area contributed by atoms with E-state index >= 15 is 0 Å². The molecule has 1 aromatic carbocycles. The minimum atomic E-state index is -1.03. The largest absolute Gasteiger partial charge is 0.477 e. The number of thiophene rings is 1. The van der Waals surface area contributed by atoms with Gasteiger partial charge < -0.3 is 15.3 Å². The molecule has 25 heavy (non-hydrogen) atoms. The van der Waals surface area contributed by atoms with E-state index in [1.165, 1.54) is 12.1 Å². The molecule has 3 rings (SSSR count). The van der Waals surface area contributed by atoms with Crippen molar-refractivity contribution in [1.29, 1.82) is 0 Å². The molecule has 0 unspecified atom stereocenters. The van der Waals surface area contributed by atoms with Crippen LogP contribution in [0.5, 0.6) is 0 Å². The van der Waals surface area contributed by atoms with Crippen LogP contribution in [-0.4, -0.2) is 34.3 Å². The lowest BCUT2D eigenvalue weighted by molar-refractivity contribution is -0.128. The fourth-order valence-electron chi connectivity index (χ4n) is 2.70. The number of likely N-dealkylation sites (tertiary alicyclic amines) is 1. The summed E-state index contributed by atoms with van der Waals surface area (Å²) in [5.74, 6) is -1.12. The van der Waals surface area contributed by atoms with Gasteiger partial charge in [-0.15, -0.1) is 11.3 Å². The van der Waals surface area contributed by atoms with Crippen molar-refractivity contribution in [3.8, 4) is 0 Å².